The monoisotopic (exact) mass is 385 g/mol. The Hall–Kier alpha value is -2.24. The molecule has 2 aromatic carbocycles. The Balaban J connectivity index is 1.96. The van der Waals surface area contributed by atoms with Crippen LogP contribution in [0.1, 0.15) is 29.8 Å². The second-order valence-electron chi connectivity index (χ2n) is 6.52. The first-order valence-electron chi connectivity index (χ1n) is 8.42. The van der Waals surface area contributed by atoms with E-state index in [0.717, 1.165) is 16.1 Å². The topological polar surface area (TPSA) is 46.1 Å². The van der Waals surface area contributed by atoms with Gasteiger partial charge in [0.05, 0.1) is 0 Å². The first-order chi connectivity index (χ1) is 12.5. The number of carbonyl (C=O) groups excluding carboxylic acids is 1. The average Bonchev–Trinajstić information content (AvgIpc) is 3.09. The van der Waals surface area contributed by atoms with E-state index in [4.69, 9.17) is 11.6 Å². The summed E-state index contributed by atoms with van der Waals surface area (Å²) in [7, 11) is 0. The van der Waals surface area contributed by atoms with Crippen LogP contribution in [0, 0.1) is 12.8 Å². The molecule has 0 spiro atoms. The highest BCUT2D eigenvalue weighted by Crippen LogP contribution is 2.31. The van der Waals surface area contributed by atoms with E-state index in [1.165, 1.54) is 11.3 Å². The number of benzene rings is 2. The maximum Gasteiger partial charge on any atom is 0.260 e. The first-order valence-corrected chi connectivity index (χ1v) is 9.62. The molecule has 0 saturated heterocycles. The van der Waals surface area contributed by atoms with Gasteiger partial charge in [-0.05, 0) is 36.6 Å². The van der Waals surface area contributed by atoms with Crippen LogP contribution in [0.4, 0.5) is 5.13 Å². The van der Waals surface area contributed by atoms with Crippen LogP contribution in [0.3, 0.4) is 0 Å². The zero-order chi connectivity index (χ0) is 18.7. The number of halogens is 1. The first kappa shape index (κ1) is 18.5. The molecule has 134 valence electrons. The normalized spacial score (nSPS) is 11.0. The van der Waals surface area contributed by atoms with Crippen LogP contribution in [0.5, 0.6) is 0 Å². The quantitative estimate of drug-likeness (QED) is 0.585. The summed E-state index contributed by atoms with van der Waals surface area (Å²) < 4.78 is 0. The third-order valence-electron chi connectivity index (χ3n) is 3.89. The molecule has 0 bridgehead atoms. The largest absolute Gasteiger partial charge is 0.282 e. The van der Waals surface area contributed by atoms with Gasteiger partial charge in [-0.2, -0.15) is 0 Å². The van der Waals surface area contributed by atoms with Gasteiger partial charge in [-0.3, -0.25) is 9.69 Å². The standard InChI is InChI=1S/C20H20ClN3OS/c1-13(2)12-24(19(25)15-8-6-9-16(21)11-15)20-23-22-18(26-20)17-10-5-4-7-14(17)3/h4-11,13H,12H2,1-3H3. The molecule has 0 radical (unpaired) electrons. The summed E-state index contributed by atoms with van der Waals surface area (Å²) in [5, 5.41) is 10.6. The summed E-state index contributed by atoms with van der Waals surface area (Å²) in [6, 6.07) is 15.0. The number of amides is 1. The minimum absolute atomic E-state index is 0.117. The van der Waals surface area contributed by atoms with E-state index in [0.29, 0.717) is 28.2 Å². The highest BCUT2D eigenvalue weighted by atomic mass is 35.5. The van der Waals surface area contributed by atoms with Gasteiger partial charge in [0.15, 0.2) is 0 Å². The molecule has 1 heterocycles. The minimum Gasteiger partial charge on any atom is -0.282 e. The highest BCUT2D eigenvalue weighted by molar-refractivity contribution is 7.18. The van der Waals surface area contributed by atoms with Crippen LogP contribution in [-0.2, 0) is 0 Å². The molecule has 0 aliphatic heterocycles. The van der Waals surface area contributed by atoms with Crippen LogP contribution in [0.25, 0.3) is 10.6 Å². The molecule has 0 aliphatic rings. The van der Waals surface area contributed by atoms with Gasteiger partial charge < -0.3 is 0 Å². The molecular formula is C20H20ClN3OS. The second-order valence-corrected chi connectivity index (χ2v) is 7.92. The molecule has 4 nitrogen and oxygen atoms in total. The van der Waals surface area contributed by atoms with Gasteiger partial charge in [0.25, 0.3) is 5.91 Å². The summed E-state index contributed by atoms with van der Waals surface area (Å²) >= 11 is 7.48. The third-order valence-corrected chi connectivity index (χ3v) is 5.10. The van der Waals surface area contributed by atoms with Crippen molar-refractivity contribution in [3.8, 4) is 10.6 Å². The Morgan fingerprint density at radius 3 is 2.62 bits per heavy atom. The van der Waals surface area contributed by atoms with Gasteiger partial charge in [0.1, 0.15) is 5.01 Å². The van der Waals surface area contributed by atoms with E-state index < -0.39 is 0 Å². The predicted octanol–water partition coefficient (Wildman–Crippen LogP) is 5.47. The van der Waals surface area contributed by atoms with Crippen LogP contribution >= 0.6 is 22.9 Å². The Kier molecular flexibility index (Phi) is 5.69. The number of aryl methyl sites for hydroxylation is 1. The summed E-state index contributed by atoms with van der Waals surface area (Å²) in [5.74, 6) is 0.178. The van der Waals surface area contributed by atoms with Crippen molar-refractivity contribution in [2.24, 2.45) is 5.92 Å². The van der Waals surface area contributed by atoms with Crippen molar-refractivity contribution in [1.29, 1.82) is 0 Å². The van der Waals surface area contributed by atoms with Gasteiger partial charge in [-0.15, -0.1) is 10.2 Å². The van der Waals surface area contributed by atoms with E-state index >= 15 is 0 Å². The summed E-state index contributed by atoms with van der Waals surface area (Å²) in [6.45, 7) is 6.75. The fraction of sp³-hybridized carbons (Fsp3) is 0.250. The van der Waals surface area contributed by atoms with Gasteiger partial charge in [0, 0.05) is 22.7 Å². The summed E-state index contributed by atoms with van der Waals surface area (Å²) in [4.78, 5) is 14.7. The zero-order valence-corrected chi connectivity index (χ0v) is 16.5. The molecule has 0 unspecified atom stereocenters. The van der Waals surface area contributed by atoms with Crippen molar-refractivity contribution in [2.75, 3.05) is 11.4 Å². The lowest BCUT2D eigenvalue weighted by Gasteiger charge is -2.21. The molecule has 3 rings (SSSR count). The third kappa shape index (κ3) is 4.11. The SMILES string of the molecule is Cc1ccccc1-c1nnc(N(CC(C)C)C(=O)c2cccc(Cl)c2)s1. The van der Waals surface area contributed by atoms with E-state index in [9.17, 15) is 4.79 Å². The van der Waals surface area contributed by atoms with Crippen LogP contribution in [-0.4, -0.2) is 22.6 Å². The number of nitrogens with zero attached hydrogens (tertiary/aromatic N) is 3. The minimum atomic E-state index is -0.117. The number of anilines is 1. The van der Waals surface area contributed by atoms with Gasteiger partial charge in [-0.1, -0.05) is 67.1 Å². The number of hydrogen-bond donors (Lipinski definition) is 0. The maximum atomic E-state index is 13.1. The average molecular weight is 386 g/mol. The number of rotatable bonds is 5. The van der Waals surface area contributed by atoms with Crippen LogP contribution < -0.4 is 4.90 Å². The van der Waals surface area contributed by atoms with Gasteiger partial charge in [0.2, 0.25) is 5.13 Å². The molecule has 0 atom stereocenters. The fourth-order valence-electron chi connectivity index (χ4n) is 2.64. The lowest BCUT2D eigenvalue weighted by molar-refractivity contribution is 0.0983. The molecule has 3 aromatic rings. The predicted molar refractivity (Wildman–Crippen MR) is 108 cm³/mol. The lowest BCUT2D eigenvalue weighted by atomic mass is 10.1. The molecule has 0 fully saturated rings. The van der Waals surface area contributed by atoms with Crippen molar-refractivity contribution >= 4 is 34.0 Å². The molecule has 0 saturated carbocycles. The smallest absolute Gasteiger partial charge is 0.260 e. The maximum absolute atomic E-state index is 13.1. The van der Waals surface area contributed by atoms with E-state index in [1.807, 2.05) is 31.2 Å². The van der Waals surface area contributed by atoms with Gasteiger partial charge >= 0.3 is 0 Å². The molecule has 1 aromatic heterocycles. The summed E-state index contributed by atoms with van der Waals surface area (Å²) in [5.41, 5.74) is 2.72. The Morgan fingerprint density at radius 1 is 1.15 bits per heavy atom. The van der Waals surface area contributed by atoms with E-state index in [1.54, 1.807) is 29.2 Å². The molecule has 0 N–H and O–H groups in total. The number of carbonyl (C=O) groups is 1. The Labute approximate surface area is 162 Å². The number of aromatic nitrogens is 2. The van der Waals surface area contributed by atoms with Crippen molar-refractivity contribution < 1.29 is 4.79 Å². The van der Waals surface area contributed by atoms with Crippen molar-refractivity contribution in [3.63, 3.8) is 0 Å². The fourth-order valence-corrected chi connectivity index (χ4v) is 3.77. The van der Waals surface area contributed by atoms with Crippen molar-refractivity contribution in [3.05, 3.63) is 64.7 Å². The second kappa shape index (κ2) is 7.98. The van der Waals surface area contributed by atoms with Crippen molar-refractivity contribution in [1.82, 2.24) is 10.2 Å². The zero-order valence-electron chi connectivity index (χ0n) is 14.9. The molecule has 1 amide bonds. The molecular weight excluding hydrogens is 366 g/mol. The van der Waals surface area contributed by atoms with Crippen LogP contribution in [0.2, 0.25) is 5.02 Å². The highest BCUT2D eigenvalue weighted by Gasteiger charge is 2.23. The van der Waals surface area contributed by atoms with Crippen LogP contribution in [0.15, 0.2) is 48.5 Å². The number of hydrogen-bond acceptors (Lipinski definition) is 4. The lowest BCUT2D eigenvalue weighted by Crippen LogP contribution is -2.34. The molecule has 26 heavy (non-hydrogen) atoms. The van der Waals surface area contributed by atoms with Gasteiger partial charge in [-0.25, -0.2) is 0 Å². The summed E-state index contributed by atoms with van der Waals surface area (Å²) in [6.07, 6.45) is 0. The Morgan fingerprint density at radius 2 is 1.92 bits per heavy atom. The van der Waals surface area contributed by atoms with E-state index in [2.05, 4.69) is 24.0 Å². The molecule has 6 heteroatoms. The van der Waals surface area contributed by atoms with Crippen molar-refractivity contribution in [2.45, 2.75) is 20.8 Å². The molecule has 0 aliphatic carbocycles. The van der Waals surface area contributed by atoms with E-state index in [-0.39, 0.29) is 5.91 Å². The Bertz CT molecular complexity index is 923.